The molecule has 0 atom stereocenters. The molecule has 0 aromatic carbocycles. The summed E-state index contributed by atoms with van der Waals surface area (Å²) in [5, 5.41) is 8.58. The van der Waals surface area contributed by atoms with Crippen LogP contribution in [0.3, 0.4) is 0 Å². The van der Waals surface area contributed by atoms with Gasteiger partial charge in [-0.25, -0.2) is 0 Å². The molecule has 1 aliphatic rings. The second kappa shape index (κ2) is 4.70. The van der Waals surface area contributed by atoms with E-state index < -0.39 is 5.54 Å². The number of aromatic nitrogens is 4. The Kier molecular flexibility index (Phi) is 3.12. The van der Waals surface area contributed by atoms with Crippen LogP contribution in [0, 0.1) is 0 Å². The molecule has 0 bridgehead atoms. The number of hydrogen-bond acceptors (Lipinski definition) is 5. The number of hydrogen-bond donors (Lipinski definition) is 1. The molecule has 108 valence electrons. The number of nitrogens with two attached hydrogens (primary N) is 1. The predicted molar refractivity (Wildman–Crippen MR) is 74.9 cm³/mol. The van der Waals surface area contributed by atoms with E-state index in [0.29, 0.717) is 17.6 Å². The van der Waals surface area contributed by atoms with E-state index in [0.717, 1.165) is 36.9 Å². The minimum absolute atomic E-state index is 0.305. The zero-order valence-corrected chi connectivity index (χ0v) is 12.3. The van der Waals surface area contributed by atoms with Crippen LogP contribution in [-0.4, -0.2) is 19.9 Å². The first-order valence-electron chi connectivity index (χ1n) is 7.16. The van der Waals surface area contributed by atoms with Crippen LogP contribution in [0.5, 0.6) is 0 Å². The summed E-state index contributed by atoms with van der Waals surface area (Å²) in [4.78, 5) is 4.53. The highest BCUT2D eigenvalue weighted by Crippen LogP contribution is 2.36. The maximum atomic E-state index is 6.37. The molecule has 2 N–H and O–H groups in total. The van der Waals surface area contributed by atoms with Gasteiger partial charge in [-0.15, -0.1) is 0 Å². The molecule has 1 saturated carbocycles. The highest BCUT2D eigenvalue weighted by atomic mass is 16.5. The third kappa shape index (κ3) is 2.14. The summed E-state index contributed by atoms with van der Waals surface area (Å²) >= 11 is 0. The van der Waals surface area contributed by atoms with Gasteiger partial charge in [0.2, 0.25) is 0 Å². The van der Waals surface area contributed by atoms with E-state index in [9.17, 15) is 0 Å². The molecule has 6 heteroatoms. The van der Waals surface area contributed by atoms with Crippen molar-refractivity contribution in [1.29, 1.82) is 0 Å². The summed E-state index contributed by atoms with van der Waals surface area (Å²) in [5.41, 5.74) is 7.83. The van der Waals surface area contributed by atoms with Gasteiger partial charge in [-0.05, 0) is 18.8 Å². The molecule has 0 saturated heterocycles. The molecule has 0 radical (unpaired) electrons. The fraction of sp³-hybridized carbons (Fsp3) is 0.643. The SMILES string of the molecule is CC(C)c1nn(C)cc1-c1nc(C2(N)CCCC2)no1. The lowest BCUT2D eigenvalue weighted by atomic mass is 9.98. The first-order valence-corrected chi connectivity index (χ1v) is 7.16. The summed E-state index contributed by atoms with van der Waals surface area (Å²) in [7, 11) is 1.90. The van der Waals surface area contributed by atoms with Crippen molar-refractivity contribution in [1.82, 2.24) is 19.9 Å². The van der Waals surface area contributed by atoms with Crippen LogP contribution in [-0.2, 0) is 12.6 Å². The Morgan fingerprint density at radius 1 is 1.35 bits per heavy atom. The molecule has 6 nitrogen and oxygen atoms in total. The van der Waals surface area contributed by atoms with E-state index in [1.54, 1.807) is 4.68 Å². The van der Waals surface area contributed by atoms with Crippen LogP contribution in [0.15, 0.2) is 10.7 Å². The minimum Gasteiger partial charge on any atom is -0.334 e. The molecule has 1 fully saturated rings. The Balaban J connectivity index is 1.98. The smallest absolute Gasteiger partial charge is 0.261 e. The first-order chi connectivity index (χ1) is 9.49. The third-order valence-corrected chi connectivity index (χ3v) is 4.00. The Hall–Kier alpha value is -1.69. The van der Waals surface area contributed by atoms with E-state index >= 15 is 0 Å². The van der Waals surface area contributed by atoms with Crippen molar-refractivity contribution in [2.75, 3.05) is 0 Å². The quantitative estimate of drug-likeness (QED) is 0.929. The van der Waals surface area contributed by atoms with E-state index in [-0.39, 0.29) is 0 Å². The van der Waals surface area contributed by atoms with Gasteiger partial charge in [0.25, 0.3) is 5.89 Å². The molecular weight excluding hydrogens is 254 g/mol. The maximum Gasteiger partial charge on any atom is 0.261 e. The van der Waals surface area contributed by atoms with Gasteiger partial charge in [0.05, 0.1) is 16.8 Å². The van der Waals surface area contributed by atoms with Gasteiger partial charge in [-0.3, -0.25) is 4.68 Å². The Morgan fingerprint density at radius 2 is 2.05 bits per heavy atom. The molecular formula is C14H21N5O. The van der Waals surface area contributed by atoms with Crippen LogP contribution >= 0.6 is 0 Å². The zero-order chi connectivity index (χ0) is 14.3. The molecule has 0 amide bonds. The maximum absolute atomic E-state index is 6.37. The van der Waals surface area contributed by atoms with Crippen molar-refractivity contribution in [3.63, 3.8) is 0 Å². The number of aryl methyl sites for hydroxylation is 1. The molecule has 2 heterocycles. The Morgan fingerprint density at radius 3 is 2.70 bits per heavy atom. The molecule has 2 aromatic rings. The zero-order valence-electron chi connectivity index (χ0n) is 12.3. The van der Waals surface area contributed by atoms with Gasteiger partial charge in [0.15, 0.2) is 5.82 Å². The third-order valence-electron chi connectivity index (χ3n) is 4.00. The van der Waals surface area contributed by atoms with Crippen LogP contribution in [0.1, 0.15) is 57.0 Å². The van der Waals surface area contributed by atoms with Crippen molar-refractivity contribution >= 4 is 0 Å². The fourth-order valence-corrected chi connectivity index (χ4v) is 2.86. The molecule has 1 aliphatic carbocycles. The summed E-state index contributed by atoms with van der Waals surface area (Å²) in [6, 6.07) is 0. The van der Waals surface area contributed by atoms with Crippen molar-refractivity contribution in [2.24, 2.45) is 12.8 Å². The highest BCUT2D eigenvalue weighted by Gasteiger charge is 2.36. The van der Waals surface area contributed by atoms with E-state index in [2.05, 4.69) is 29.1 Å². The monoisotopic (exact) mass is 275 g/mol. The number of rotatable bonds is 3. The predicted octanol–water partition coefficient (Wildman–Crippen LogP) is 2.32. The molecule has 0 unspecified atom stereocenters. The lowest BCUT2D eigenvalue weighted by Gasteiger charge is -2.17. The van der Waals surface area contributed by atoms with Crippen molar-refractivity contribution in [3.8, 4) is 11.5 Å². The van der Waals surface area contributed by atoms with Crippen LogP contribution in [0.2, 0.25) is 0 Å². The molecule has 2 aromatic heterocycles. The van der Waals surface area contributed by atoms with E-state index in [1.165, 1.54) is 0 Å². The van der Waals surface area contributed by atoms with Crippen molar-refractivity contribution < 1.29 is 4.52 Å². The summed E-state index contributed by atoms with van der Waals surface area (Å²) in [6.07, 6.45) is 6.03. The van der Waals surface area contributed by atoms with Gasteiger partial charge >= 0.3 is 0 Å². The van der Waals surface area contributed by atoms with Gasteiger partial charge < -0.3 is 10.3 Å². The van der Waals surface area contributed by atoms with Crippen molar-refractivity contribution in [3.05, 3.63) is 17.7 Å². The molecule has 20 heavy (non-hydrogen) atoms. The molecule has 0 spiro atoms. The van der Waals surface area contributed by atoms with Gasteiger partial charge in [-0.1, -0.05) is 31.8 Å². The molecule has 0 aliphatic heterocycles. The second-order valence-corrected chi connectivity index (χ2v) is 6.04. The van der Waals surface area contributed by atoms with Crippen molar-refractivity contribution in [2.45, 2.75) is 51.0 Å². The topological polar surface area (TPSA) is 82.8 Å². The largest absolute Gasteiger partial charge is 0.334 e. The molecule has 3 rings (SSSR count). The summed E-state index contributed by atoms with van der Waals surface area (Å²) < 4.78 is 7.22. The summed E-state index contributed by atoms with van der Waals surface area (Å²) in [5.74, 6) is 1.46. The summed E-state index contributed by atoms with van der Waals surface area (Å²) in [6.45, 7) is 4.20. The Labute approximate surface area is 118 Å². The van der Waals surface area contributed by atoms with Crippen LogP contribution < -0.4 is 5.73 Å². The first kappa shape index (κ1) is 13.3. The highest BCUT2D eigenvalue weighted by molar-refractivity contribution is 5.56. The van der Waals surface area contributed by atoms with Gasteiger partial charge in [0.1, 0.15) is 0 Å². The minimum atomic E-state index is -0.415. The second-order valence-electron chi connectivity index (χ2n) is 6.04. The van der Waals surface area contributed by atoms with Gasteiger partial charge in [0, 0.05) is 13.2 Å². The fourth-order valence-electron chi connectivity index (χ4n) is 2.86. The Bertz CT molecular complexity index is 607. The number of nitrogens with zero attached hydrogens (tertiary/aromatic N) is 4. The van der Waals surface area contributed by atoms with E-state index in [1.807, 2.05) is 13.2 Å². The van der Waals surface area contributed by atoms with Crippen LogP contribution in [0.25, 0.3) is 11.5 Å². The standard InChI is InChI=1S/C14H21N5O/c1-9(2)11-10(8-19(3)17-11)12-16-13(18-20-12)14(15)6-4-5-7-14/h8-9H,4-7,15H2,1-3H3. The van der Waals surface area contributed by atoms with Gasteiger partial charge in [-0.2, -0.15) is 10.1 Å². The average molecular weight is 275 g/mol. The normalized spacial score (nSPS) is 18.1. The van der Waals surface area contributed by atoms with E-state index in [4.69, 9.17) is 10.3 Å². The average Bonchev–Trinajstić information content (AvgIpc) is 3.06. The lowest BCUT2D eigenvalue weighted by Crippen LogP contribution is -2.34. The van der Waals surface area contributed by atoms with Crippen LogP contribution in [0.4, 0.5) is 0 Å². The lowest BCUT2D eigenvalue weighted by molar-refractivity contribution is 0.372.